The second-order valence-corrected chi connectivity index (χ2v) is 4.16. The van der Waals surface area contributed by atoms with Crippen molar-refractivity contribution in [2.45, 2.75) is 6.04 Å². The van der Waals surface area contributed by atoms with Gasteiger partial charge in [0, 0.05) is 23.5 Å². The van der Waals surface area contributed by atoms with Gasteiger partial charge in [-0.3, -0.25) is 0 Å². The Kier molecular flexibility index (Phi) is 4.07. The van der Waals surface area contributed by atoms with E-state index in [1.54, 1.807) is 18.3 Å². The van der Waals surface area contributed by atoms with E-state index in [1.165, 1.54) is 18.5 Å². The lowest BCUT2D eigenvalue weighted by Gasteiger charge is -2.17. The number of rotatable bonds is 4. The average Bonchev–Trinajstić information content (AvgIpc) is 2.36. The van der Waals surface area contributed by atoms with Gasteiger partial charge in [0.1, 0.15) is 12.1 Å². The van der Waals surface area contributed by atoms with Gasteiger partial charge in [-0.1, -0.05) is 11.6 Å². The van der Waals surface area contributed by atoms with Crippen LogP contribution >= 0.6 is 11.6 Å². The molecule has 0 fully saturated rings. The van der Waals surface area contributed by atoms with E-state index in [0.29, 0.717) is 17.3 Å². The molecule has 94 valence electrons. The molecule has 2 rings (SSSR count). The molecule has 0 saturated carbocycles. The van der Waals surface area contributed by atoms with E-state index in [1.807, 2.05) is 0 Å². The maximum Gasteiger partial charge on any atom is 0.126 e. The van der Waals surface area contributed by atoms with Crippen molar-refractivity contribution in [3.63, 3.8) is 0 Å². The third-order valence-electron chi connectivity index (χ3n) is 2.40. The van der Waals surface area contributed by atoms with Crippen LogP contribution < -0.4 is 11.1 Å². The standard InChI is InChI=1S/C12H12ClFN4/c13-8-3-9(14)5-10(4-8)18-12(6-15)11-1-2-16-7-17-11/h1-5,7,12,18H,6,15H2. The molecule has 0 bridgehead atoms. The molecule has 2 aromatic rings. The van der Waals surface area contributed by atoms with E-state index in [0.717, 1.165) is 5.69 Å². The molecule has 0 saturated heterocycles. The fraction of sp³-hybridized carbons (Fsp3) is 0.167. The summed E-state index contributed by atoms with van der Waals surface area (Å²) in [7, 11) is 0. The Labute approximate surface area is 109 Å². The molecule has 1 unspecified atom stereocenters. The van der Waals surface area contributed by atoms with Crippen LogP contribution in [0.5, 0.6) is 0 Å². The summed E-state index contributed by atoms with van der Waals surface area (Å²) >= 11 is 5.79. The minimum Gasteiger partial charge on any atom is -0.375 e. The van der Waals surface area contributed by atoms with Gasteiger partial charge in [-0.25, -0.2) is 14.4 Å². The number of aromatic nitrogens is 2. The zero-order valence-electron chi connectivity index (χ0n) is 9.48. The smallest absolute Gasteiger partial charge is 0.126 e. The van der Waals surface area contributed by atoms with E-state index >= 15 is 0 Å². The third-order valence-corrected chi connectivity index (χ3v) is 2.62. The van der Waals surface area contributed by atoms with Crippen LogP contribution in [0.1, 0.15) is 11.7 Å². The summed E-state index contributed by atoms with van der Waals surface area (Å²) < 4.78 is 13.2. The normalized spacial score (nSPS) is 12.2. The summed E-state index contributed by atoms with van der Waals surface area (Å²) in [4.78, 5) is 7.95. The van der Waals surface area contributed by atoms with E-state index in [4.69, 9.17) is 17.3 Å². The first kappa shape index (κ1) is 12.7. The van der Waals surface area contributed by atoms with Crippen LogP contribution in [0.15, 0.2) is 36.8 Å². The van der Waals surface area contributed by atoms with E-state index in [2.05, 4.69) is 15.3 Å². The number of benzene rings is 1. The first-order chi connectivity index (χ1) is 8.69. The monoisotopic (exact) mass is 266 g/mol. The predicted molar refractivity (Wildman–Crippen MR) is 68.9 cm³/mol. The van der Waals surface area contributed by atoms with E-state index in [9.17, 15) is 4.39 Å². The van der Waals surface area contributed by atoms with Crippen molar-refractivity contribution in [1.29, 1.82) is 0 Å². The summed E-state index contributed by atoms with van der Waals surface area (Å²) in [5, 5.41) is 3.42. The average molecular weight is 267 g/mol. The number of hydrogen-bond acceptors (Lipinski definition) is 4. The minimum atomic E-state index is -0.400. The van der Waals surface area contributed by atoms with Crippen LogP contribution in [0.4, 0.5) is 10.1 Å². The highest BCUT2D eigenvalue weighted by Crippen LogP contribution is 2.22. The lowest BCUT2D eigenvalue weighted by molar-refractivity contribution is 0.627. The highest BCUT2D eigenvalue weighted by Gasteiger charge is 2.11. The summed E-state index contributed by atoms with van der Waals surface area (Å²) in [5.41, 5.74) is 6.99. The molecule has 1 atom stereocenters. The molecule has 1 heterocycles. The molecule has 0 aliphatic heterocycles. The number of nitrogens with one attached hydrogen (secondary N) is 1. The molecule has 0 amide bonds. The fourth-order valence-electron chi connectivity index (χ4n) is 1.60. The minimum absolute atomic E-state index is 0.217. The Hall–Kier alpha value is -1.72. The molecule has 1 aromatic carbocycles. The van der Waals surface area contributed by atoms with Gasteiger partial charge in [-0.05, 0) is 24.3 Å². The van der Waals surface area contributed by atoms with Crippen molar-refractivity contribution >= 4 is 17.3 Å². The van der Waals surface area contributed by atoms with Gasteiger partial charge in [0.15, 0.2) is 0 Å². The largest absolute Gasteiger partial charge is 0.375 e. The highest BCUT2D eigenvalue weighted by atomic mass is 35.5. The Morgan fingerprint density at radius 3 is 2.83 bits per heavy atom. The Bertz CT molecular complexity index is 500. The van der Waals surface area contributed by atoms with Gasteiger partial charge in [-0.2, -0.15) is 0 Å². The molecule has 3 N–H and O–H groups in total. The topological polar surface area (TPSA) is 63.8 Å². The maximum absolute atomic E-state index is 13.2. The quantitative estimate of drug-likeness (QED) is 0.892. The highest BCUT2D eigenvalue weighted by molar-refractivity contribution is 6.30. The number of anilines is 1. The molecular weight excluding hydrogens is 255 g/mol. The lowest BCUT2D eigenvalue weighted by atomic mass is 10.2. The summed E-state index contributed by atoms with van der Waals surface area (Å²) in [6, 6.07) is 5.77. The van der Waals surface area contributed by atoms with Crippen LogP contribution in [-0.2, 0) is 0 Å². The number of halogens is 2. The Morgan fingerprint density at radius 1 is 1.39 bits per heavy atom. The van der Waals surface area contributed by atoms with Crippen LogP contribution in [0, 0.1) is 5.82 Å². The van der Waals surface area contributed by atoms with E-state index in [-0.39, 0.29) is 6.04 Å². The van der Waals surface area contributed by atoms with E-state index < -0.39 is 5.82 Å². The first-order valence-electron chi connectivity index (χ1n) is 5.37. The number of hydrogen-bond donors (Lipinski definition) is 2. The van der Waals surface area contributed by atoms with Crippen molar-refractivity contribution in [2.75, 3.05) is 11.9 Å². The first-order valence-corrected chi connectivity index (χ1v) is 5.75. The number of nitrogens with zero attached hydrogens (tertiary/aromatic N) is 2. The Balaban J connectivity index is 2.20. The molecule has 0 spiro atoms. The van der Waals surface area contributed by atoms with Crippen molar-refractivity contribution in [1.82, 2.24) is 9.97 Å². The van der Waals surface area contributed by atoms with Crippen molar-refractivity contribution < 1.29 is 4.39 Å². The second-order valence-electron chi connectivity index (χ2n) is 3.72. The lowest BCUT2D eigenvalue weighted by Crippen LogP contribution is -2.21. The fourth-order valence-corrected chi connectivity index (χ4v) is 1.82. The third kappa shape index (κ3) is 3.15. The molecular formula is C12H12ClFN4. The second kappa shape index (κ2) is 5.75. The molecule has 0 aliphatic rings. The number of nitrogens with two attached hydrogens (primary N) is 1. The molecule has 0 aliphatic carbocycles. The predicted octanol–water partition coefficient (Wildman–Crippen LogP) is 2.38. The van der Waals surface area contributed by atoms with Gasteiger partial charge in [-0.15, -0.1) is 0 Å². The van der Waals surface area contributed by atoms with Crippen molar-refractivity contribution in [3.05, 3.63) is 53.3 Å². The molecule has 18 heavy (non-hydrogen) atoms. The van der Waals surface area contributed by atoms with Gasteiger partial charge in [0.2, 0.25) is 0 Å². The van der Waals surface area contributed by atoms with Gasteiger partial charge < -0.3 is 11.1 Å². The van der Waals surface area contributed by atoms with Gasteiger partial charge in [0.25, 0.3) is 0 Å². The van der Waals surface area contributed by atoms with Crippen LogP contribution in [0.2, 0.25) is 5.02 Å². The molecule has 0 radical (unpaired) electrons. The maximum atomic E-state index is 13.2. The summed E-state index contributed by atoms with van der Waals surface area (Å²) in [5.74, 6) is -0.400. The molecule has 6 heteroatoms. The molecule has 4 nitrogen and oxygen atoms in total. The summed E-state index contributed by atoms with van der Waals surface area (Å²) in [6.07, 6.45) is 3.07. The van der Waals surface area contributed by atoms with Gasteiger partial charge in [0.05, 0.1) is 11.7 Å². The Morgan fingerprint density at radius 2 is 2.22 bits per heavy atom. The van der Waals surface area contributed by atoms with Gasteiger partial charge >= 0.3 is 0 Å². The van der Waals surface area contributed by atoms with Crippen LogP contribution in [0.3, 0.4) is 0 Å². The molecule has 1 aromatic heterocycles. The van der Waals surface area contributed by atoms with Crippen LogP contribution in [0.25, 0.3) is 0 Å². The summed E-state index contributed by atoms with van der Waals surface area (Å²) in [6.45, 7) is 0.325. The zero-order chi connectivity index (χ0) is 13.0. The van der Waals surface area contributed by atoms with Crippen molar-refractivity contribution in [3.8, 4) is 0 Å². The SMILES string of the molecule is NCC(Nc1cc(F)cc(Cl)c1)c1ccncn1. The zero-order valence-corrected chi connectivity index (χ0v) is 10.2. The van der Waals surface area contributed by atoms with Crippen molar-refractivity contribution in [2.24, 2.45) is 5.73 Å². The van der Waals surface area contributed by atoms with Crippen LogP contribution in [-0.4, -0.2) is 16.5 Å².